The Morgan fingerprint density at radius 1 is 1.30 bits per heavy atom. The molecule has 6 heteroatoms. The molecule has 1 atom stereocenters. The number of amides is 1. The van der Waals surface area contributed by atoms with E-state index in [4.69, 9.17) is 0 Å². The van der Waals surface area contributed by atoms with E-state index in [9.17, 15) is 13.6 Å². The molecular formula is C14H18BrF2NO2. The lowest BCUT2D eigenvalue weighted by atomic mass is 10.0. The van der Waals surface area contributed by atoms with Gasteiger partial charge in [-0.15, -0.1) is 0 Å². The third-order valence-electron chi connectivity index (χ3n) is 2.88. The van der Waals surface area contributed by atoms with Crippen molar-refractivity contribution in [3.8, 4) is 5.75 Å². The number of hydrogen-bond acceptors (Lipinski definition) is 2. The summed E-state index contributed by atoms with van der Waals surface area (Å²) in [6.45, 7) is 1.21. The second-order valence-electron chi connectivity index (χ2n) is 4.70. The molecule has 3 nitrogen and oxygen atoms in total. The first kappa shape index (κ1) is 16.9. The van der Waals surface area contributed by atoms with Gasteiger partial charge in [0.05, 0.1) is 0 Å². The average molecular weight is 350 g/mol. The molecule has 0 aromatic heterocycles. The molecule has 1 amide bonds. The minimum Gasteiger partial charge on any atom is -0.435 e. The molecule has 1 aromatic carbocycles. The van der Waals surface area contributed by atoms with Gasteiger partial charge in [-0.2, -0.15) is 8.78 Å². The lowest BCUT2D eigenvalue weighted by molar-refractivity contribution is -0.0498. The van der Waals surface area contributed by atoms with E-state index in [1.807, 2.05) is 13.8 Å². The van der Waals surface area contributed by atoms with E-state index < -0.39 is 6.61 Å². The van der Waals surface area contributed by atoms with Crippen LogP contribution in [0, 0.1) is 5.92 Å². The normalized spacial score (nSPS) is 12.6. The van der Waals surface area contributed by atoms with Crippen molar-refractivity contribution in [1.82, 2.24) is 5.32 Å². The highest BCUT2D eigenvalue weighted by molar-refractivity contribution is 9.09. The monoisotopic (exact) mass is 349 g/mol. The van der Waals surface area contributed by atoms with Crippen molar-refractivity contribution in [1.29, 1.82) is 0 Å². The van der Waals surface area contributed by atoms with E-state index >= 15 is 0 Å². The Bertz CT molecular complexity index is 424. The highest BCUT2D eigenvalue weighted by Crippen LogP contribution is 2.15. The SMILES string of the molecule is CC(C)C(CCBr)NC(=O)c1ccc(OC(F)F)cc1. The Labute approximate surface area is 125 Å². The zero-order chi connectivity index (χ0) is 15.1. The highest BCUT2D eigenvalue weighted by Gasteiger charge is 2.16. The quantitative estimate of drug-likeness (QED) is 0.759. The third kappa shape index (κ3) is 5.45. The second kappa shape index (κ2) is 8.19. The van der Waals surface area contributed by atoms with Crippen LogP contribution in [0.15, 0.2) is 24.3 Å². The summed E-state index contributed by atoms with van der Waals surface area (Å²) in [5, 5.41) is 3.74. The zero-order valence-corrected chi connectivity index (χ0v) is 13.0. The molecular weight excluding hydrogens is 332 g/mol. The van der Waals surface area contributed by atoms with Crippen LogP contribution in [0.4, 0.5) is 8.78 Å². The van der Waals surface area contributed by atoms with Gasteiger partial charge in [0.15, 0.2) is 0 Å². The van der Waals surface area contributed by atoms with Gasteiger partial charge in [-0.05, 0) is 36.6 Å². The lowest BCUT2D eigenvalue weighted by Gasteiger charge is -2.21. The van der Waals surface area contributed by atoms with Crippen LogP contribution < -0.4 is 10.1 Å². The van der Waals surface area contributed by atoms with Crippen LogP contribution >= 0.6 is 15.9 Å². The average Bonchev–Trinajstić information content (AvgIpc) is 2.38. The number of carbonyl (C=O) groups excluding carboxylic acids is 1. The van der Waals surface area contributed by atoms with Crippen LogP contribution in [0.3, 0.4) is 0 Å². The molecule has 20 heavy (non-hydrogen) atoms. The zero-order valence-electron chi connectivity index (χ0n) is 11.4. The lowest BCUT2D eigenvalue weighted by Crippen LogP contribution is -2.38. The Kier molecular flexibility index (Phi) is 6.91. The first-order chi connectivity index (χ1) is 9.43. The summed E-state index contributed by atoms with van der Waals surface area (Å²) >= 11 is 3.36. The third-order valence-corrected chi connectivity index (χ3v) is 3.34. The largest absolute Gasteiger partial charge is 0.435 e. The summed E-state index contributed by atoms with van der Waals surface area (Å²) in [6.07, 6.45) is 0.829. The number of ether oxygens (including phenoxy) is 1. The van der Waals surface area contributed by atoms with Gasteiger partial charge in [-0.3, -0.25) is 4.79 Å². The Hall–Kier alpha value is -1.17. The van der Waals surface area contributed by atoms with Crippen molar-refractivity contribution in [2.24, 2.45) is 5.92 Å². The maximum Gasteiger partial charge on any atom is 0.387 e. The van der Waals surface area contributed by atoms with Crippen LogP contribution in [0.5, 0.6) is 5.75 Å². The van der Waals surface area contributed by atoms with Crippen molar-refractivity contribution >= 4 is 21.8 Å². The predicted molar refractivity (Wildman–Crippen MR) is 77.6 cm³/mol. The van der Waals surface area contributed by atoms with Gasteiger partial charge in [0.1, 0.15) is 5.75 Å². The number of rotatable bonds is 7. The Morgan fingerprint density at radius 2 is 1.90 bits per heavy atom. The molecule has 0 saturated carbocycles. The Morgan fingerprint density at radius 3 is 2.35 bits per heavy atom. The summed E-state index contributed by atoms with van der Waals surface area (Å²) in [7, 11) is 0. The van der Waals surface area contributed by atoms with Crippen LogP contribution in [0.2, 0.25) is 0 Å². The molecule has 0 spiro atoms. The van der Waals surface area contributed by atoms with E-state index in [-0.39, 0.29) is 17.7 Å². The molecule has 0 bridgehead atoms. The molecule has 0 aliphatic carbocycles. The topological polar surface area (TPSA) is 38.3 Å². The summed E-state index contributed by atoms with van der Waals surface area (Å²) in [6, 6.07) is 5.72. The summed E-state index contributed by atoms with van der Waals surface area (Å²) in [4.78, 5) is 12.1. The van der Waals surface area contributed by atoms with Crippen LogP contribution in [-0.2, 0) is 0 Å². The molecule has 0 radical (unpaired) electrons. The predicted octanol–water partition coefficient (Wildman–Crippen LogP) is 3.83. The van der Waals surface area contributed by atoms with Crippen molar-refractivity contribution in [2.75, 3.05) is 5.33 Å². The fourth-order valence-corrected chi connectivity index (χ4v) is 2.22. The summed E-state index contributed by atoms with van der Waals surface area (Å²) < 4.78 is 28.3. The maximum absolute atomic E-state index is 12.1. The van der Waals surface area contributed by atoms with E-state index in [0.717, 1.165) is 11.8 Å². The summed E-state index contributed by atoms with van der Waals surface area (Å²) in [5.41, 5.74) is 0.423. The molecule has 0 saturated heterocycles. The van der Waals surface area contributed by atoms with Crippen molar-refractivity contribution in [3.63, 3.8) is 0 Å². The van der Waals surface area contributed by atoms with E-state index in [2.05, 4.69) is 26.0 Å². The molecule has 1 unspecified atom stereocenters. The standard InChI is InChI=1S/C14H18BrF2NO2/c1-9(2)12(7-8-15)18-13(19)10-3-5-11(6-4-10)20-14(16)17/h3-6,9,12,14H,7-8H2,1-2H3,(H,18,19). The molecule has 1 rings (SSSR count). The van der Waals surface area contributed by atoms with Gasteiger partial charge in [0.25, 0.3) is 5.91 Å². The molecule has 0 heterocycles. The first-order valence-corrected chi connectivity index (χ1v) is 7.48. The number of nitrogens with one attached hydrogen (secondary N) is 1. The summed E-state index contributed by atoms with van der Waals surface area (Å²) in [5.74, 6) is 0.142. The minimum atomic E-state index is -2.86. The van der Waals surface area contributed by atoms with Crippen molar-refractivity contribution < 1.29 is 18.3 Å². The van der Waals surface area contributed by atoms with Gasteiger partial charge in [0, 0.05) is 16.9 Å². The molecule has 0 fully saturated rings. The molecule has 1 aromatic rings. The van der Waals surface area contributed by atoms with Gasteiger partial charge in [-0.1, -0.05) is 29.8 Å². The molecule has 0 aliphatic heterocycles. The smallest absolute Gasteiger partial charge is 0.387 e. The minimum absolute atomic E-state index is 0.0393. The van der Waals surface area contributed by atoms with Gasteiger partial charge < -0.3 is 10.1 Å². The first-order valence-electron chi connectivity index (χ1n) is 6.35. The van der Waals surface area contributed by atoms with Crippen LogP contribution in [0.25, 0.3) is 0 Å². The van der Waals surface area contributed by atoms with Crippen LogP contribution in [-0.4, -0.2) is 23.9 Å². The van der Waals surface area contributed by atoms with E-state index in [1.54, 1.807) is 0 Å². The Balaban J connectivity index is 2.67. The molecule has 112 valence electrons. The highest BCUT2D eigenvalue weighted by atomic mass is 79.9. The fourth-order valence-electron chi connectivity index (χ4n) is 1.73. The van der Waals surface area contributed by atoms with Gasteiger partial charge >= 0.3 is 6.61 Å². The number of halogens is 3. The number of benzene rings is 1. The number of carbonyl (C=O) groups is 1. The van der Waals surface area contributed by atoms with Crippen molar-refractivity contribution in [3.05, 3.63) is 29.8 Å². The maximum atomic E-state index is 12.1. The second-order valence-corrected chi connectivity index (χ2v) is 5.50. The van der Waals surface area contributed by atoms with Gasteiger partial charge in [0.2, 0.25) is 0 Å². The van der Waals surface area contributed by atoms with Crippen LogP contribution in [0.1, 0.15) is 30.6 Å². The number of alkyl halides is 3. The van der Waals surface area contributed by atoms with Gasteiger partial charge in [-0.25, -0.2) is 0 Å². The number of hydrogen-bond donors (Lipinski definition) is 1. The fraction of sp³-hybridized carbons (Fsp3) is 0.500. The molecule has 0 aliphatic rings. The van der Waals surface area contributed by atoms with E-state index in [1.165, 1.54) is 24.3 Å². The van der Waals surface area contributed by atoms with Crippen molar-refractivity contribution in [2.45, 2.75) is 32.9 Å². The molecule has 1 N–H and O–H groups in total. The van der Waals surface area contributed by atoms with E-state index in [0.29, 0.717) is 11.5 Å².